The van der Waals surface area contributed by atoms with Gasteiger partial charge in [-0.2, -0.15) is 18.3 Å². The van der Waals surface area contributed by atoms with Crippen LogP contribution >= 0.6 is 0 Å². The molecule has 0 saturated carbocycles. The van der Waals surface area contributed by atoms with Gasteiger partial charge in [0.2, 0.25) is 11.8 Å². The molecule has 4 aliphatic heterocycles. The normalized spacial score (nSPS) is 19.0. The van der Waals surface area contributed by atoms with Crippen molar-refractivity contribution < 1.29 is 32.3 Å². The van der Waals surface area contributed by atoms with Gasteiger partial charge in [0.1, 0.15) is 11.7 Å². The summed E-state index contributed by atoms with van der Waals surface area (Å²) in [6.45, 7) is 6.81. The van der Waals surface area contributed by atoms with Crippen LogP contribution in [0, 0.1) is 18.8 Å². The van der Waals surface area contributed by atoms with Gasteiger partial charge in [0.05, 0.1) is 11.8 Å². The number of benzene rings is 3. The molecule has 0 radical (unpaired) electrons. The molecule has 5 aromatic rings. The van der Waals surface area contributed by atoms with E-state index in [1.807, 2.05) is 31.2 Å². The number of amides is 4. The molecule has 3 fully saturated rings. The number of alkyl halides is 3. The third-order valence-corrected chi connectivity index (χ3v) is 12.4. The van der Waals surface area contributed by atoms with Crippen molar-refractivity contribution in [3.63, 3.8) is 0 Å². The van der Waals surface area contributed by atoms with Crippen molar-refractivity contribution in [3.05, 3.63) is 124 Å². The molecule has 318 valence electrons. The lowest BCUT2D eigenvalue weighted by Gasteiger charge is -2.43. The Morgan fingerprint density at radius 3 is 2.50 bits per heavy atom. The molecule has 1 atom stereocenters. The first-order valence-electron chi connectivity index (χ1n) is 20.8. The Labute approximate surface area is 355 Å². The zero-order valence-electron chi connectivity index (χ0n) is 34.0. The van der Waals surface area contributed by atoms with Crippen molar-refractivity contribution in [3.8, 4) is 11.8 Å². The lowest BCUT2D eigenvalue weighted by atomic mass is 10.0. The Morgan fingerprint density at radius 1 is 0.919 bits per heavy atom. The number of fused-ring (bicyclic) bond motifs is 2. The smallest absolute Gasteiger partial charge is 0.368 e. The summed E-state index contributed by atoms with van der Waals surface area (Å²) >= 11 is 0. The molecule has 9 rings (SSSR count). The number of aromatic nitrogens is 3. The molecule has 2 N–H and O–H groups in total. The molecule has 1 unspecified atom stereocenters. The van der Waals surface area contributed by atoms with Crippen LogP contribution in [0.1, 0.15) is 79.9 Å². The quantitative estimate of drug-likeness (QED) is 0.166. The lowest BCUT2D eigenvalue weighted by molar-refractivity contribution is -0.138. The molecule has 4 amide bonds. The molecule has 0 aliphatic carbocycles. The molecule has 3 aromatic carbocycles. The average molecular weight is 844 g/mol. The fourth-order valence-corrected chi connectivity index (χ4v) is 9.02. The van der Waals surface area contributed by atoms with E-state index in [0.717, 1.165) is 55.2 Å². The van der Waals surface area contributed by atoms with Crippen LogP contribution in [0.25, 0.3) is 5.65 Å². The first-order chi connectivity index (χ1) is 29.9. The van der Waals surface area contributed by atoms with E-state index in [0.29, 0.717) is 67.7 Å². The molecule has 4 aliphatic rings. The van der Waals surface area contributed by atoms with Crippen molar-refractivity contribution in [1.29, 1.82) is 0 Å². The number of halogens is 3. The number of piperazine rings is 1. The summed E-state index contributed by atoms with van der Waals surface area (Å²) in [5.41, 5.74) is 4.82. The number of hydrogen-bond acceptors (Lipinski definition) is 9. The largest absolute Gasteiger partial charge is 0.418 e. The van der Waals surface area contributed by atoms with Crippen LogP contribution in [0.3, 0.4) is 0 Å². The minimum absolute atomic E-state index is 0.0454. The van der Waals surface area contributed by atoms with E-state index in [-0.39, 0.29) is 35.2 Å². The average Bonchev–Trinajstić information content (AvgIpc) is 3.83. The standard InChI is InChI=1S/C46H44F3N9O4/c1-29-4-6-32(24-31(29)7-9-36-26-50-41-3-2-16-51-58(36)41)43(60)52-34-8-11-39(38(25-34)46(47,48)49)56-21-19-55(20-22-56)35-14-17-54(18-15-35)27-30-5-10-37-33(23-30)28-57(45(37)62)40-12-13-42(59)53-44(40)61/h2-6,8,10-11,16,23-26,35,40H,12-15,17-22,27-28H2,1H3,(H,52,60)(H,53,59,61). The summed E-state index contributed by atoms with van der Waals surface area (Å²) in [6.07, 6.45) is 1.01. The van der Waals surface area contributed by atoms with Gasteiger partial charge >= 0.3 is 6.18 Å². The van der Waals surface area contributed by atoms with E-state index in [1.54, 1.807) is 51.0 Å². The summed E-state index contributed by atoms with van der Waals surface area (Å²) in [6, 6.07) is 18.1. The zero-order chi connectivity index (χ0) is 43.1. The number of rotatable bonds is 7. The minimum Gasteiger partial charge on any atom is -0.368 e. The Balaban J connectivity index is 0.785. The van der Waals surface area contributed by atoms with Crippen molar-refractivity contribution in [1.82, 2.24) is 34.6 Å². The second-order valence-corrected chi connectivity index (χ2v) is 16.3. The summed E-state index contributed by atoms with van der Waals surface area (Å²) in [7, 11) is 0. The number of nitrogens with zero attached hydrogens (tertiary/aromatic N) is 7. The van der Waals surface area contributed by atoms with E-state index in [1.165, 1.54) is 12.1 Å². The molecule has 2 aromatic heterocycles. The molecular formula is C46H44F3N9O4. The van der Waals surface area contributed by atoms with Gasteiger partial charge in [-0.3, -0.25) is 34.3 Å². The summed E-state index contributed by atoms with van der Waals surface area (Å²) < 4.78 is 45.4. The number of hydrogen-bond donors (Lipinski definition) is 2. The molecular weight excluding hydrogens is 800 g/mol. The number of likely N-dealkylation sites (tertiary alicyclic amines) is 1. The Morgan fingerprint density at radius 2 is 1.73 bits per heavy atom. The third-order valence-electron chi connectivity index (χ3n) is 12.4. The number of carbonyl (C=O) groups is 4. The highest BCUT2D eigenvalue weighted by atomic mass is 19.4. The maximum Gasteiger partial charge on any atom is 0.418 e. The first-order valence-corrected chi connectivity index (χ1v) is 20.8. The van der Waals surface area contributed by atoms with Crippen LogP contribution in [0.2, 0.25) is 0 Å². The number of imidazole rings is 1. The first kappa shape index (κ1) is 40.8. The van der Waals surface area contributed by atoms with E-state index in [2.05, 4.69) is 42.4 Å². The summed E-state index contributed by atoms with van der Waals surface area (Å²) in [5.74, 6) is 4.65. The van der Waals surface area contributed by atoms with Gasteiger partial charge in [-0.1, -0.05) is 24.1 Å². The van der Waals surface area contributed by atoms with Gasteiger partial charge in [0.25, 0.3) is 11.8 Å². The van der Waals surface area contributed by atoms with Gasteiger partial charge < -0.3 is 15.1 Å². The second kappa shape index (κ2) is 16.7. The summed E-state index contributed by atoms with van der Waals surface area (Å²) in [4.78, 5) is 62.9. The predicted molar refractivity (Wildman–Crippen MR) is 224 cm³/mol. The number of aryl methyl sites for hydroxylation is 1. The van der Waals surface area contributed by atoms with Crippen molar-refractivity contribution >= 4 is 40.7 Å². The van der Waals surface area contributed by atoms with E-state index in [4.69, 9.17) is 0 Å². The Hall–Kier alpha value is -6.57. The second-order valence-electron chi connectivity index (χ2n) is 16.3. The highest BCUT2D eigenvalue weighted by molar-refractivity contribution is 6.06. The summed E-state index contributed by atoms with van der Waals surface area (Å²) in [5, 5.41) is 9.27. The predicted octanol–water partition coefficient (Wildman–Crippen LogP) is 5.26. The Bertz CT molecular complexity index is 2650. The molecule has 13 nitrogen and oxygen atoms in total. The fourth-order valence-electron chi connectivity index (χ4n) is 9.02. The number of nitrogens with one attached hydrogen (secondary N) is 2. The maximum absolute atomic E-state index is 14.6. The van der Waals surface area contributed by atoms with Crippen molar-refractivity contribution in [2.45, 2.75) is 64.0 Å². The van der Waals surface area contributed by atoms with Crippen molar-refractivity contribution in [2.75, 3.05) is 49.5 Å². The molecule has 6 heterocycles. The van der Waals surface area contributed by atoms with Gasteiger partial charge in [-0.15, -0.1) is 0 Å². The van der Waals surface area contributed by atoms with Crippen LogP contribution in [-0.4, -0.2) is 104 Å². The van der Waals surface area contributed by atoms with Crippen LogP contribution < -0.4 is 15.5 Å². The Kier molecular flexibility index (Phi) is 11.0. The van der Waals surface area contributed by atoms with Gasteiger partial charge in [0.15, 0.2) is 5.65 Å². The van der Waals surface area contributed by atoms with Crippen LogP contribution in [0.5, 0.6) is 0 Å². The highest BCUT2D eigenvalue weighted by Gasteiger charge is 2.40. The highest BCUT2D eigenvalue weighted by Crippen LogP contribution is 2.39. The van der Waals surface area contributed by atoms with E-state index in [9.17, 15) is 32.3 Å². The van der Waals surface area contributed by atoms with Gasteiger partial charge in [0, 0.05) is 86.0 Å². The fraction of sp³-hybridized carbons (Fsp3) is 0.348. The number of anilines is 2. The minimum atomic E-state index is -4.64. The number of carbonyl (C=O) groups excluding carboxylic acids is 4. The van der Waals surface area contributed by atoms with Crippen LogP contribution in [-0.2, 0) is 28.9 Å². The third kappa shape index (κ3) is 8.37. The SMILES string of the molecule is Cc1ccc(C(=O)Nc2ccc(N3CCN(C4CCN(Cc5ccc6c(c5)CN(C5CCC(=O)NC5=O)C6=O)CC4)CC3)c(C(F)(F)F)c2)cc1C#Cc1cnc2cccnn12. The van der Waals surface area contributed by atoms with Crippen LogP contribution in [0.4, 0.5) is 24.5 Å². The monoisotopic (exact) mass is 843 g/mol. The number of piperidine rings is 2. The van der Waals surface area contributed by atoms with Crippen LogP contribution in [0.15, 0.2) is 79.1 Å². The van der Waals surface area contributed by atoms with E-state index >= 15 is 0 Å². The number of imide groups is 1. The molecule has 3 saturated heterocycles. The van der Waals surface area contributed by atoms with Crippen molar-refractivity contribution in [2.24, 2.45) is 0 Å². The van der Waals surface area contributed by atoms with Gasteiger partial charge in [-0.25, -0.2) is 9.50 Å². The van der Waals surface area contributed by atoms with E-state index < -0.39 is 29.6 Å². The molecule has 62 heavy (non-hydrogen) atoms. The topological polar surface area (TPSA) is 135 Å². The molecule has 0 bridgehead atoms. The lowest BCUT2D eigenvalue weighted by Crippen LogP contribution is -2.53. The molecule has 0 spiro atoms. The zero-order valence-corrected chi connectivity index (χ0v) is 34.0. The molecule has 16 heteroatoms. The van der Waals surface area contributed by atoms with Gasteiger partial charge in [-0.05, 0) is 110 Å². The maximum atomic E-state index is 14.6.